The Morgan fingerprint density at radius 3 is 2.90 bits per heavy atom. The second kappa shape index (κ2) is 6.44. The lowest BCUT2D eigenvalue weighted by Crippen LogP contribution is -2.10. The van der Waals surface area contributed by atoms with E-state index in [4.69, 9.17) is 4.74 Å². The molecule has 0 radical (unpaired) electrons. The number of aliphatic hydroxyl groups excluding tert-OH is 1. The number of ether oxygens (including phenoxy) is 1. The zero-order chi connectivity index (χ0) is 15.6. The fourth-order valence-corrected chi connectivity index (χ4v) is 3.19. The highest BCUT2D eigenvalue weighted by atomic mass is 32.2. The van der Waals surface area contributed by atoms with E-state index in [9.17, 15) is 9.90 Å². The molecule has 0 aliphatic carbocycles. The highest BCUT2D eigenvalue weighted by Crippen LogP contribution is 2.35. The number of hydrogen-bond acceptors (Lipinski definition) is 6. The predicted octanol–water partition coefficient (Wildman–Crippen LogP) is 1.93. The van der Waals surface area contributed by atoms with Crippen LogP contribution in [-0.2, 0) is 11.8 Å². The number of hydrogen-bond donors (Lipinski definition) is 1. The Morgan fingerprint density at radius 1 is 1.57 bits per heavy atom. The number of nitrogens with zero attached hydrogens (tertiary/aromatic N) is 3. The van der Waals surface area contributed by atoms with Crippen molar-refractivity contribution in [3.8, 4) is 0 Å². The maximum atomic E-state index is 12.1. The summed E-state index contributed by atoms with van der Waals surface area (Å²) in [5, 5.41) is 14.5. The molecule has 1 N–H and O–H groups in total. The van der Waals surface area contributed by atoms with Crippen LogP contribution in [0.15, 0.2) is 11.1 Å². The Balaban J connectivity index is 2.65. The van der Waals surface area contributed by atoms with Gasteiger partial charge in [0, 0.05) is 23.4 Å². The van der Waals surface area contributed by atoms with Gasteiger partial charge in [-0.2, -0.15) is 5.10 Å². The molecule has 2 aromatic rings. The van der Waals surface area contributed by atoms with Gasteiger partial charge in [0.25, 0.3) is 0 Å². The monoisotopic (exact) mass is 309 g/mol. The first-order valence-corrected chi connectivity index (χ1v) is 7.64. The molecule has 0 aliphatic heterocycles. The van der Waals surface area contributed by atoms with E-state index in [1.54, 1.807) is 11.6 Å². The summed E-state index contributed by atoms with van der Waals surface area (Å²) in [5.41, 5.74) is 1.94. The van der Waals surface area contributed by atoms with E-state index in [1.165, 1.54) is 18.0 Å². The Labute approximate surface area is 127 Å². The summed E-state index contributed by atoms with van der Waals surface area (Å²) >= 11 is 1.44. The summed E-state index contributed by atoms with van der Waals surface area (Å²) in [6.45, 7) is 5.88. The lowest BCUT2D eigenvalue weighted by molar-refractivity contribution is 0.0522. The molecular weight excluding hydrogens is 290 g/mol. The molecule has 2 aromatic heterocycles. The standard InChI is InChI=1S/C14H19N3O3S/c1-5-20-14(19)10-6-15-13-11(9(3)16-17(13)4)12(10)21-8(2)7-18/h6,8,18H,5,7H2,1-4H3. The van der Waals surface area contributed by atoms with Gasteiger partial charge in [0.05, 0.1) is 29.9 Å². The summed E-state index contributed by atoms with van der Waals surface area (Å²) in [5.74, 6) is -0.400. The van der Waals surface area contributed by atoms with Gasteiger partial charge in [-0.1, -0.05) is 6.92 Å². The molecular formula is C14H19N3O3S. The molecule has 7 heteroatoms. The number of aliphatic hydroxyl groups is 1. The molecule has 0 amide bonds. The van der Waals surface area contributed by atoms with Crippen molar-refractivity contribution in [3.63, 3.8) is 0 Å². The van der Waals surface area contributed by atoms with Gasteiger partial charge >= 0.3 is 5.97 Å². The lowest BCUT2D eigenvalue weighted by Gasteiger charge is -2.13. The molecule has 2 heterocycles. The van der Waals surface area contributed by atoms with Gasteiger partial charge in [0.2, 0.25) is 0 Å². The summed E-state index contributed by atoms with van der Waals surface area (Å²) in [6.07, 6.45) is 1.52. The summed E-state index contributed by atoms with van der Waals surface area (Å²) in [6, 6.07) is 0. The van der Waals surface area contributed by atoms with Crippen molar-refractivity contribution in [3.05, 3.63) is 17.5 Å². The summed E-state index contributed by atoms with van der Waals surface area (Å²) in [7, 11) is 1.82. The number of pyridine rings is 1. The van der Waals surface area contributed by atoms with Gasteiger partial charge in [-0.25, -0.2) is 9.78 Å². The zero-order valence-corrected chi connectivity index (χ0v) is 13.4. The van der Waals surface area contributed by atoms with E-state index in [1.807, 2.05) is 20.9 Å². The fourth-order valence-electron chi connectivity index (χ4n) is 2.09. The Morgan fingerprint density at radius 2 is 2.29 bits per heavy atom. The topological polar surface area (TPSA) is 77.2 Å². The second-order valence-corrected chi connectivity index (χ2v) is 6.19. The van der Waals surface area contributed by atoms with Crippen LogP contribution in [0.1, 0.15) is 29.9 Å². The van der Waals surface area contributed by atoms with Crippen LogP contribution in [0.25, 0.3) is 11.0 Å². The molecule has 0 bridgehead atoms. The lowest BCUT2D eigenvalue weighted by atomic mass is 10.2. The summed E-state index contributed by atoms with van der Waals surface area (Å²) in [4.78, 5) is 17.2. The fraction of sp³-hybridized carbons (Fsp3) is 0.500. The molecule has 6 nitrogen and oxygen atoms in total. The van der Waals surface area contributed by atoms with Crippen LogP contribution in [0, 0.1) is 6.92 Å². The van der Waals surface area contributed by atoms with Crippen LogP contribution in [0.2, 0.25) is 0 Å². The third-order valence-corrected chi connectivity index (χ3v) is 4.26. The number of carbonyl (C=O) groups excluding carboxylic acids is 1. The highest BCUT2D eigenvalue weighted by molar-refractivity contribution is 8.00. The molecule has 0 spiro atoms. The number of thioether (sulfide) groups is 1. The number of esters is 1. The van der Waals surface area contributed by atoms with E-state index in [-0.39, 0.29) is 11.9 Å². The normalized spacial score (nSPS) is 12.6. The van der Waals surface area contributed by atoms with Crippen molar-refractivity contribution in [2.45, 2.75) is 30.9 Å². The molecule has 0 saturated carbocycles. The van der Waals surface area contributed by atoms with Crippen LogP contribution in [0.4, 0.5) is 0 Å². The Bertz CT molecular complexity index is 669. The highest BCUT2D eigenvalue weighted by Gasteiger charge is 2.22. The van der Waals surface area contributed by atoms with Crippen molar-refractivity contribution >= 4 is 28.8 Å². The van der Waals surface area contributed by atoms with Crippen LogP contribution in [0.5, 0.6) is 0 Å². The van der Waals surface area contributed by atoms with Crippen molar-refractivity contribution in [2.24, 2.45) is 7.05 Å². The van der Waals surface area contributed by atoms with E-state index in [0.29, 0.717) is 17.8 Å². The molecule has 0 aromatic carbocycles. The molecule has 114 valence electrons. The SMILES string of the molecule is CCOC(=O)c1cnc2c(c(C)nn2C)c1SC(C)CO. The average molecular weight is 309 g/mol. The van der Waals surface area contributed by atoms with Crippen molar-refractivity contribution in [2.75, 3.05) is 13.2 Å². The number of aryl methyl sites for hydroxylation is 2. The predicted molar refractivity (Wildman–Crippen MR) is 81.6 cm³/mol. The maximum absolute atomic E-state index is 12.1. The first-order valence-electron chi connectivity index (χ1n) is 6.76. The van der Waals surface area contributed by atoms with Crippen molar-refractivity contribution in [1.82, 2.24) is 14.8 Å². The van der Waals surface area contributed by atoms with Gasteiger partial charge < -0.3 is 9.84 Å². The zero-order valence-electron chi connectivity index (χ0n) is 12.6. The molecule has 1 unspecified atom stereocenters. The number of carbonyl (C=O) groups is 1. The largest absolute Gasteiger partial charge is 0.462 e. The van der Waals surface area contributed by atoms with Crippen LogP contribution in [-0.4, -0.2) is 44.3 Å². The van der Waals surface area contributed by atoms with Gasteiger partial charge in [0.1, 0.15) is 0 Å². The molecule has 2 rings (SSSR count). The third-order valence-electron chi connectivity index (χ3n) is 3.05. The van der Waals surface area contributed by atoms with E-state index in [0.717, 1.165) is 16.0 Å². The van der Waals surface area contributed by atoms with Crippen molar-refractivity contribution < 1.29 is 14.6 Å². The second-order valence-electron chi connectivity index (χ2n) is 4.74. The Kier molecular flexibility index (Phi) is 4.84. The van der Waals surface area contributed by atoms with E-state index in [2.05, 4.69) is 10.1 Å². The van der Waals surface area contributed by atoms with Crippen LogP contribution < -0.4 is 0 Å². The van der Waals surface area contributed by atoms with E-state index >= 15 is 0 Å². The first-order chi connectivity index (χ1) is 9.99. The first kappa shape index (κ1) is 15.8. The van der Waals surface area contributed by atoms with Gasteiger partial charge in [-0.3, -0.25) is 4.68 Å². The maximum Gasteiger partial charge on any atom is 0.340 e. The number of rotatable bonds is 5. The van der Waals surface area contributed by atoms with Crippen molar-refractivity contribution in [1.29, 1.82) is 0 Å². The molecule has 21 heavy (non-hydrogen) atoms. The van der Waals surface area contributed by atoms with Crippen LogP contribution in [0.3, 0.4) is 0 Å². The van der Waals surface area contributed by atoms with Gasteiger partial charge in [-0.05, 0) is 13.8 Å². The Hall–Kier alpha value is -1.60. The molecule has 0 fully saturated rings. The molecule has 1 atom stereocenters. The number of fused-ring (bicyclic) bond motifs is 1. The number of aromatic nitrogens is 3. The quantitative estimate of drug-likeness (QED) is 0.672. The summed E-state index contributed by atoms with van der Waals surface area (Å²) < 4.78 is 6.79. The minimum Gasteiger partial charge on any atom is -0.462 e. The molecule has 0 saturated heterocycles. The minimum atomic E-state index is -0.400. The molecule has 0 aliphatic rings. The van der Waals surface area contributed by atoms with E-state index < -0.39 is 5.97 Å². The third kappa shape index (κ3) is 3.03. The van der Waals surface area contributed by atoms with Gasteiger partial charge in [0.15, 0.2) is 5.65 Å². The van der Waals surface area contributed by atoms with Gasteiger partial charge in [-0.15, -0.1) is 11.8 Å². The minimum absolute atomic E-state index is 0.0239. The average Bonchev–Trinajstić information content (AvgIpc) is 2.74. The smallest absolute Gasteiger partial charge is 0.340 e. The van der Waals surface area contributed by atoms with Crippen LogP contribution >= 0.6 is 11.8 Å².